The molecule has 3 heterocycles. The lowest BCUT2D eigenvalue weighted by Gasteiger charge is -2.44. The van der Waals surface area contributed by atoms with E-state index in [-0.39, 0.29) is 23.3 Å². The molecule has 1 aromatic carbocycles. The number of ether oxygens (including phenoxy) is 1. The fourth-order valence-corrected chi connectivity index (χ4v) is 4.79. The standard InChI is InChI=1S/C21H27N3O4/c1-14(25)22-21-12-23(8-7-17(21)10-24(13-21)15(2)26)11-18-9-16-5-4-6-19(27-3)20(16)28-18/h4-6,9,17H,7-8,10-13H2,1-3H3,(H,22,25)/t17-,21-/m1/s1. The van der Waals surface area contributed by atoms with Gasteiger partial charge in [0.15, 0.2) is 11.3 Å². The number of carbonyl (C=O) groups excluding carboxylic acids is 2. The molecule has 7 heteroatoms. The number of likely N-dealkylation sites (tertiary alicyclic amines) is 2. The molecule has 2 aliphatic heterocycles. The summed E-state index contributed by atoms with van der Waals surface area (Å²) in [6.45, 7) is 6.69. The van der Waals surface area contributed by atoms with Gasteiger partial charge in [-0.05, 0) is 25.1 Å². The van der Waals surface area contributed by atoms with Gasteiger partial charge in [0.1, 0.15) is 5.76 Å². The number of piperidine rings is 1. The van der Waals surface area contributed by atoms with Crippen LogP contribution in [0.4, 0.5) is 0 Å². The Morgan fingerprint density at radius 1 is 1.32 bits per heavy atom. The van der Waals surface area contributed by atoms with Gasteiger partial charge in [0.05, 0.1) is 19.2 Å². The molecule has 2 fully saturated rings. The molecule has 2 atom stereocenters. The number of para-hydroxylation sites is 1. The van der Waals surface area contributed by atoms with E-state index >= 15 is 0 Å². The van der Waals surface area contributed by atoms with Crippen molar-refractivity contribution in [1.82, 2.24) is 15.1 Å². The molecule has 2 aromatic rings. The highest BCUT2D eigenvalue weighted by Crippen LogP contribution is 2.36. The minimum atomic E-state index is -0.389. The van der Waals surface area contributed by atoms with Crippen molar-refractivity contribution in [2.75, 3.05) is 33.3 Å². The Hall–Kier alpha value is -2.54. The molecule has 0 spiro atoms. The van der Waals surface area contributed by atoms with Crippen LogP contribution in [0.15, 0.2) is 28.7 Å². The highest BCUT2D eigenvalue weighted by molar-refractivity contribution is 5.83. The number of carbonyl (C=O) groups is 2. The maximum atomic E-state index is 11.9. The Kier molecular flexibility index (Phi) is 4.79. The predicted molar refractivity (Wildman–Crippen MR) is 105 cm³/mol. The molecule has 0 radical (unpaired) electrons. The Balaban J connectivity index is 1.55. The number of furan rings is 1. The second kappa shape index (κ2) is 7.13. The van der Waals surface area contributed by atoms with Crippen molar-refractivity contribution < 1.29 is 18.7 Å². The summed E-state index contributed by atoms with van der Waals surface area (Å²) in [6.07, 6.45) is 0.938. The van der Waals surface area contributed by atoms with E-state index in [0.29, 0.717) is 26.2 Å². The summed E-state index contributed by atoms with van der Waals surface area (Å²) in [5.74, 6) is 1.90. The van der Waals surface area contributed by atoms with Crippen LogP contribution in [-0.4, -0.2) is 60.4 Å². The molecule has 0 bridgehead atoms. The maximum Gasteiger partial charge on any atom is 0.219 e. The Morgan fingerprint density at radius 3 is 2.86 bits per heavy atom. The number of nitrogens with zero attached hydrogens (tertiary/aromatic N) is 2. The van der Waals surface area contributed by atoms with Gasteiger partial charge in [0.25, 0.3) is 0 Å². The number of hydrogen-bond acceptors (Lipinski definition) is 5. The van der Waals surface area contributed by atoms with Crippen LogP contribution in [0.2, 0.25) is 0 Å². The van der Waals surface area contributed by atoms with Crippen molar-refractivity contribution in [2.24, 2.45) is 5.92 Å². The first-order valence-electron chi connectivity index (χ1n) is 9.72. The zero-order chi connectivity index (χ0) is 19.9. The molecule has 2 saturated heterocycles. The number of benzene rings is 1. The minimum Gasteiger partial charge on any atom is -0.493 e. The quantitative estimate of drug-likeness (QED) is 0.871. The van der Waals surface area contributed by atoms with E-state index in [0.717, 1.165) is 35.4 Å². The molecule has 2 amide bonds. The maximum absolute atomic E-state index is 11.9. The zero-order valence-corrected chi connectivity index (χ0v) is 16.7. The molecule has 4 rings (SSSR count). The van der Waals surface area contributed by atoms with Crippen molar-refractivity contribution in [2.45, 2.75) is 32.4 Å². The van der Waals surface area contributed by atoms with Crippen molar-refractivity contribution in [3.63, 3.8) is 0 Å². The summed E-state index contributed by atoms with van der Waals surface area (Å²) in [7, 11) is 1.64. The second-order valence-electron chi connectivity index (χ2n) is 8.02. The van der Waals surface area contributed by atoms with Gasteiger partial charge in [-0.25, -0.2) is 0 Å². The summed E-state index contributed by atoms with van der Waals surface area (Å²) in [5, 5.41) is 4.20. The van der Waals surface area contributed by atoms with Crippen LogP contribution in [0.25, 0.3) is 11.0 Å². The molecular weight excluding hydrogens is 358 g/mol. The number of fused-ring (bicyclic) bond motifs is 2. The van der Waals surface area contributed by atoms with Gasteiger partial charge in [-0.3, -0.25) is 14.5 Å². The molecule has 0 unspecified atom stereocenters. The molecule has 0 aliphatic carbocycles. The average molecular weight is 385 g/mol. The van der Waals surface area contributed by atoms with Crippen molar-refractivity contribution in [3.05, 3.63) is 30.0 Å². The molecule has 7 nitrogen and oxygen atoms in total. The number of nitrogens with one attached hydrogen (secondary N) is 1. The molecular formula is C21H27N3O4. The van der Waals surface area contributed by atoms with Crippen LogP contribution in [0, 0.1) is 5.92 Å². The van der Waals surface area contributed by atoms with E-state index < -0.39 is 0 Å². The first-order chi connectivity index (χ1) is 13.4. The van der Waals surface area contributed by atoms with Crippen molar-refractivity contribution in [3.8, 4) is 5.75 Å². The second-order valence-corrected chi connectivity index (χ2v) is 8.02. The monoisotopic (exact) mass is 385 g/mol. The number of amides is 2. The van der Waals surface area contributed by atoms with Crippen LogP contribution in [0.3, 0.4) is 0 Å². The number of rotatable bonds is 4. The lowest BCUT2D eigenvalue weighted by Crippen LogP contribution is -2.63. The van der Waals surface area contributed by atoms with E-state index in [1.807, 2.05) is 29.2 Å². The molecule has 2 aliphatic rings. The third-order valence-electron chi connectivity index (χ3n) is 6.02. The smallest absolute Gasteiger partial charge is 0.219 e. The van der Waals surface area contributed by atoms with Crippen LogP contribution in [0.1, 0.15) is 26.0 Å². The SMILES string of the molecule is COc1cccc2cc(CN3CC[C@@H]4CN(C(C)=O)C[C@]4(NC(C)=O)C3)oc12. The van der Waals surface area contributed by atoms with Crippen molar-refractivity contribution >= 4 is 22.8 Å². The summed E-state index contributed by atoms with van der Waals surface area (Å²) >= 11 is 0. The summed E-state index contributed by atoms with van der Waals surface area (Å²) in [6, 6.07) is 7.90. The van der Waals surface area contributed by atoms with E-state index in [1.54, 1.807) is 21.0 Å². The number of hydrogen-bond donors (Lipinski definition) is 1. The van der Waals surface area contributed by atoms with Gasteiger partial charge < -0.3 is 19.4 Å². The van der Waals surface area contributed by atoms with Gasteiger partial charge >= 0.3 is 0 Å². The lowest BCUT2D eigenvalue weighted by molar-refractivity contribution is -0.128. The van der Waals surface area contributed by atoms with Gasteiger partial charge in [-0.1, -0.05) is 12.1 Å². The zero-order valence-electron chi connectivity index (χ0n) is 16.7. The summed E-state index contributed by atoms with van der Waals surface area (Å²) in [4.78, 5) is 28.0. The largest absolute Gasteiger partial charge is 0.493 e. The predicted octanol–water partition coefficient (Wildman–Crippen LogP) is 2.00. The van der Waals surface area contributed by atoms with Gasteiger partial charge in [0.2, 0.25) is 11.8 Å². The first kappa shape index (κ1) is 18.8. The topological polar surface area (TPSA) is 75.0 Å². The molecule has 28 heavy (non-hydrogen) atoms. The van der Waals surface area contributed by atoms with Crippen LogP contribution < -0.4 is 10.1 Å². The lowest BCUT2D eigenvalue weighted by atomic mass is 9.80. The minimum absolute atomic E-state index is 0.0503. The van der Waals surface area contributed by atoms with Gasteiger partial charge in [0, 0.05) is 44.8 Å². The Morgan fingerprint density at radius 2 is 2.14 bits per heavy atom. The number of methoxy groups -OCH3 is 1. The van der Waals surface area contributed by atoms with Crippen LogP contribution in [-0.2, 0) is 16.1 Å². The first-order valence-corrected chi connectivity index (χ1v) is 9.72. The average Bonchev–Trinajstić information content (AvgIpc) is 3.21. The molecule has 1 aromatic heterocycles. The van der Waals surface area contributed by atoms with E-state index in [2.05, 4.69) is 10.2 Å². The highest BCUT2D eigenvalue weighted by atomic mass is 16.5. The molecule has 0 saturated carbocycles. The van der Waals surface area contributed by atoms with Crippen LogP contribution in [0.5, 0.6) is 5.75 Å². The van der Waals surface area contributed by atoms with Crippen molar-refractivity contribution in [1.29, 1.82) is 0 Å². The van der Waals surface area contributed by atoms with E-state index in [1.165, 1.54) is 0 Å². The normalized spacial score (nSPS) is 25.0. The van der Waals surface area contributed by atoms with Gasteiger partial charge in [-0.2, -0.15) is 0 Å². The van der Waals surface area contributed by atoms with E-state index in [4.69, 9.17) is 9.15 Å². The molecule has 150 valence electrons. The Bertz CT molecular complexity index is 908. The fraction of sp³-hybridized carbons (Fsp3) is 0.524. The highest BCUT2D eigenvalue weighted by Gasteiger charge is 2.51. The third kappa shape index (κ3) is 3.35. The van der Waals surface area contributed by atoms with Crippen LogP contribution >= 0.6 is 0 Å². The summed E-state index contributed by atoms with van der Waals surface area (Å²) < 4.78 is 11.4. The Labute approximate surface area is 164 Å². The summed E-state index contributed by atoms with van der Waals surface area (Å²) in [5.41, 5.74) is 0.370. The third-order valence-corrected chi connectivity index (χ3v) is 6.02. The fourth-order valence-electron chi connectivity index (χ4n) is 4.79. The van der Waals surface area contributed by atoms with E-state index in [9.17, 15) is 9.59 Å². The van der Waals surface area contributed by atoms with Gasteiger partial charge in [-0.15, -0.1) is 0 Å². The molecule has 1 N–H and O–H groups in total.